The van der Waals surface area contributed by atoms with E-state index >= 15 is 0 Å². The molecule has 1 amide bonds. The third-order valence-electron chi connectivity index (χ3n) is 5.68. The van der Waals surface area contributed by atoms with Crippen LogP contribution >= 0.6 is 0 Å². The topological polar surface area (TPSA) is 63.7 Å². The number of fused-ring (bicyclic) bond motifs is 1. The number of carbonyl (C=O) groups excluding carboxylic acids is 1. The van der Waals surface area contributed by atoms with Gasteiger partial charge in [-0.1, -0.05) is 12.1 Å². The number of hydrogen-bond donors (Lipinski definition) is 1. The van der Waals surface area contributed by atoms with Gasteiger partial charge < -0.3 is 19.7 Å². The molecule has 2 fully saturated rings. The molecule has 2 atom stereocenters. The number of amides is 1. The summed E-state index contributed by atoms with van der Waals surface area (Å²) >= 11 is 0. The average molecular weight is 383 g/mol. The number of nitrogens with one attached hydrogen (secondary N) is 1. The Bertz CT molecular complexity index is 820. The molecule has 6 nitrogen and oxygen atoms in total. The number of nitrogens with zero attached hydrogens (tertiary/aromatic N) is 2. The van der Waals surface area contributed by atoms with E-state index in [1.54, 1.807) is 0 Å². The van der Waals surface area contributed by atoms with Crippen molar-refractivity contribution in [2.24, 2.45) is 0 Å². The number of piperidine rings is 1. The second kappa shape index (κ2) is 8.78. The van der Waals surface area contributed by atoms with Gasteiger partial charge in [0, 0.05) is 31.1 Å². The lowest BCUT2D eigenvalue weighted by Gasteiger charge is -2.34. The van der Waals surface area contributed by atoms with Gasteiger partial charge in [-0.3, -0.25) is 4.79 Å². The molecule has 150 valence electrons. The number of aromatic nitrogens is 1. The van der Waals surface area contributed by atoms with Crippen molar-refractivity contribution in [2.75, 3.05) is 31.2 Å². The SMILES string of the molecule is CC1CCCCN1c1ccc2cccc(OCC(=O)NCC3CCCO3)c2n1. The quantitative estimate of drug-likeness (QED) is 0.829. The summed E-state index contributed by atoms with van der Waals surface area (Å²) in [4.78, 5) is 19.4. The number of carbonyl (C=O) groups is 1. The van der Waals surface area contributed by atoms with Crippen LogP contribution in [-0.2, 0) is 9.53 Å². The molecule has 0 aliphatic carbocycles. The number of benzene rings is 1. The number of rotatable bonds is 6. The van der Waals surface area contributed by atoms with Gasteiger partial charge in [0.25, 0.3) is 5.91 Å². The van der Waals surface area contributed by atoms with E-state index in [1.807, 2.05) is 18.2 Å². The monoisotopic (exact) mass is 383 g/mol. The molecule has 0 spiro atoms. The summed E-state index contributed by atoms with van der Waals surface area (Å²) in [6.45, 7) is 4.61. The van der Waals surface area contributed by atoms with Crippen molar-refractivity contribution in [1.82, 2.24) is 10.3 Å². The standard InChI is InChI=1S/C22H29N3O3/c1-16-6-2-3-12-25(16)20-11-10-17-7-4-9-19(22(17)24-20)28-15-21(26)23-14-18-8-5-13-27-18/h4,7,9-11,16,18H,2-3,5-6,8,12-15H2,1H3,(H,23,26). The third kappa shape index (κ3) is 4.38. The first-order valence-corrected chi connectivity index (χ1v) is 10.4. The van der Waals surface area contributed by atoms with Crippen LogP contribution in [0, 0.1) is 0 Å². The first kappa shape index (κ1) is 19.0. The Labute approximate surface area is 166 Å². The molecule has 0 radical (unpaired) electrons. The average Bonchev–Trinajstić information content (AvgIpc) is 3.24. The maximum Gasteiger partial charge on any atom is 0.258 e. The minimum atomic E-state index is -0.131. The zero-order valence-corrected chi connectivity index (χ0v) is 16.5. The van der Waals surface area contributed by atoms with E-state index in [4.69, 9.17) is 14.5 Å². The fraction of sp³-hybridized carbons (Fsp3) is 0.545. The second-order valence-electron chi connectivity index (χ2n) is 7.76. The summed E-state index contributed by atoms with van der Waals surface area (Å²) in [5, 5.41) is 3.91. The number of anilines is 1. The van der Waals surface area contributed by atoms with Gasteiger partial charge in [0.2, 0.25) is 0 Å². The third-order valence-corrected chi connectivity index (χ3v) is 5.68. The molecular formula is C22H29N3O3. The zero-order chi connectivity index (χ0) is 19.3. The van der Waals surface area contributed by atoms with Crippen molar-refractivity contribution in [3.8, 4) is 5.75 Å². The predicted molar refractivity (Wildman–Crippen MR) is 110 cm³/mol. The van der Waals surface area contributed by atoms with Crippen LogP contribution in [0.4, 0.5) is 5.82 Å². The van der Waals surface area contributed by atoms with Crippen molar-refractivity contribution in [2.45, 2.75) is 51.2 Å². The van der Waals surface area contributed by atoms with Crippen LogP contribution in [0.3, 0.4) is 0 Å². The van der Waals surface area contributed by atoms with Crippen LogP contribution in [0.25, 0.3) is 10.9 Å². The van der Waals surface area contributed by atoms with E-state index in [0.29, 0.717) is 18.3 Å². The highest BCUT2D eigenvalue weighted by Crippen LogP contribution is 2.29. The molecule has 4 rings (SSSR count). The van der Waals surface area contributed by atoms with E-state index in [1.165, 1.54) is 19.3 Å². The molecule has 28 heavy (non-hydrogen) atoms. The molecule has 2 unspecified atom stereocenters. The largest absolute Gasteiger partial charge is 0.481 e. The Balaban J connectivity index is 1.44. The number of pyridine rings is 1. The van der Waals surface area contributed by atoms with Gasteiger partial charge >= 0.3 is 0 Å². The van der Waals surface area contributed by atoms with Crippen LogP contribution in [0.1, 0.15) is 39.0 Å². The normalized spacial score (nSPS) is 22.4. The number of para-hydroxylation sites is 1. The highest BCUT2D eigenvalue weighted by atomic mass is 16.5. The molecule has 2 saturated heterocycles. The molecule has 1 N–H and O–H groups in total. The van der Waals surface area contributed by atoms with Gasteiger partial charge in [0.05, 0.1) is 6.10 Å². The van der Waals surface area contributed by atoms with Gasteiger partial charge in [-0.25, -0.2) is 4.98 Å². The van der Waals surface area contributed by atoms with Crippen molar-refractivity contribution in [1.29, 1.82) is 0 Å². The maximum absolute atomic E-state index is 12.1. The van der Waals surface area contributed by atoms with Gasteiger partial charge in [0.15, 0.2) is 6.61 Å². The Hall–Kier alpha value is -2.34. The predicted octanol–water partition coefficient (Wildman–Crippen LogP) is 3.29. The minimum Gasteiger partial charge on any atom is -0.481 e. The highest BCUT2D eigenvalue weighted by molar-refractivity contribution is 5.86. The summed E-state index contributed by atoms with van der Waals surface area (Å²) in [7, 11) is 0. The van der Waals surface area contributed by atoms with E-state index in [0.717, 1.165) is 42.7 Å². The molecule has 1 aromatic heterocycles. The second-order valence-corrected chi connectivity index (χ2v) is 7.76. The molecule has 0 saturated carbocycles. The summed E-state index contributed by atoms with van der Waals surface area (Å²) in [6, 6.07) is 10.5. The van der Waals surface area contributed by atoms with Crippen LogP contribution in [0.5, 0.6) is 5.75 Å². The lowest BCUT2D eigenvalue weighted by atomic mass is 10.0. The van der Waals surface area contributed by atoms with Crippen LogP contribution in [0.2, 0.25) is 0 Å². The van der Waals surface area contributed by atoms with Gasteiger partial charge in [-0.15, -0.1) is 0 Å². The zero-order valence-electron chi connectivity index (χ0n) is 16.5. The van der Waals surface area contributed by atoms with E-state index in [9.17, 15) is 4.79 Å². The summed E-state index contributed by atoms with van der Waals surface area (Å²) in [5.74, 6) is 1.50. The molecule has 2 aliphatic rings. The Morgan fingerprint density at radius 1 is 1.25 bits per heavy atom. The fourth-order valence-corrected chi connectivity index (χ4v) is 4.05. The van der Waals surface area contributed by atoms with Gasteiger partial charge in [-0.05, 0) is 57.2 Å². The molecular weight excluding hydrogens is 354 g/mol. The summed E-state index contributed by atoms with van der Waals surface area (Å²) in [6.07, 6.45) is 5.89. The number of hydrogen-bond acceptors (Lipinski definition) is 5. The van der Waals surface area contributed by atoms with E-state index in [2.05, 4.69) is 29.3 Å². The lowest BCUT2D eigenvalue weighted by molar-refractivity contribution is -0.123. The smallest absolute Gasteiger partial charge is 0.258 e. The van der Waals surface area contributed by atoms with Gasteiger partial charge in [0.1, 0.15) is 17.1 Å². The Morgan fingerprint density at radius 3 is 3.00 bits per heavy atom. The maximum atomic E-state index is 12.1. The van der Waals surface area contributed by atoms with Crippen LogP contribution in [-0.4, -0.2) is 49.3 Å². The highest BCUT2D eigenvalue weighted by Gasteiger charge is 2.20. The van der Waals surface area contributed by atoms with Gasteiger partial charge in [-0.2, -0.15) is 0 Å². The van der Waals surface area contributed by atoms with Crippen molar-refractivity contribution >= 4 is 22.6 Å². The van der Waals surface area contributed by atoms with Crippen molar-refractivity contribution in [3.05, 3.63) is 30.3 Å². The number of ether oxygens (including phenoxy) is 2. The van der Waals surface area contributed by atoms with Crippen LogP contribution < -0.4 is 15.0 Å². The molecule has 1 aromatic carbocycles. The molecule has 3 heterocycles. The molecule has 0 bridgehead atoms. The first-order chi connectivity index (χ1) is 13.7. The summed E-state index contributed by atoms with van der Waals surface area (Å²) < 4.78 is 11.4. The van der Waals surface area contributed by atoms with Crippen molar-refractivity contribution in [3.63, 3.8) is 0 Å². The van der Waals surface area contributed by atoms with Crippen LogP contribution in [0.15, 0.2) is 30.3 Å². The summed E-state index contributed by atoms with van der Waals surface area (Å²) in [5.41, 5.74) is 0.810. The molecule has 6 heteroatoms. The van der Waals surface area contributed by atoms with E-state index in [-0.39, 0.29) is 18.6 Å². The molecule has 2 aliphatic heterocycles. The lowest BCUT2D eigenvalue weighted by Crippen LogP contribution is -2.37. The fourth-order valence-electron chi connectivity index (χ4n) is 4.05. The first-order valence-electron chi connectivity index (χ1n) is 10.4. The minimum absolute atomic E-state index is 0.0160. The molecule has 2 aromatic rings. The van der Waals surface area contributed by atoms with E-state index < -0.39 is 0 Å². The van der Waals surface area contributed by atoms with Crippen molar-refractivity contribution < 1.29 is 14.3 Å². The Morgan fingerprint density at radius 2 is 2.18 bits per heavy atom. The Kier molecular flexibility index (Phi) is 5.95.